The molecule has 0 aromatic carbocycles. The highest BCUT2D eigenvalue weighted by atomic mass is 29.3. The van der Waals surface area contributed by atoms with Gasteiger partial charge in [-0.05, 0) is 48.4 Å². The van der Waals surface area contributed by atoms with Crippen molar-refractivity contribution in [2.24, 2.45) is 0 Å². The molecule has 0 bridgehead atoms. The Bertz CT molecular complexity index is 721. The van der Waals surface area contributed by atoms with Crippen LogP contribution in [0.1, 0.15) is 0 Å². The van der Waals surface area contributed by atoms with Crippen LogP contribution >= 0.6 is 0 Å². The molecular formula is C25H62OSi7. The van der Waals surface area contributed by atoms with Gasteiger partial charge in [-0.1, -0.05) is 109 Å². The zero-order valence-corrected chi connectivity index (χ0v) is 33.3. The topological polar surface area (TPSA) is 9.23 Å². The number of allylic oxidation sites excluding steroid dienone is 2. The average Bonchev–Trinajstić information content (AvgIpc) is 2.46. The fraction of sp³-hybridized carbons (Fsp3) is 0.920. The van der Waals surface area contributed by atoms with Crippen molar-refractivity contribution in [2.75, 3.05) is 0 Å². The van der Waals surface area contributed by atoms with Gasteiger partial charge < -0.3 is 4.12 Å². The minimum Gasteiger partial charge on any atom is -0.455 e. The lowest BCUT2D eigenvalue weighted by Gasteiger charge is -2.61. The van der Waals surface area contributed by atoms with Gasteiger partial charge in [0.05, 0.1) is 23.7 Å². The summed E-state index contributed by atoms with van der Waals surface area (Å²) in [6.45, 7) is 50.3. The minimum absolute atomic E-state index is 0.813. The van der Waals surface area contributed by atoms with E-state index >= 15 is 0 Å². The van der Waals surface area contributed by atoms with Gasteiger partial charge in [-0.15, -0.1) is 0 Å². The monoisotopic (exact) mass is 574 g/mol. The molecule has 33 heavy (non-hydrogen) atoms. The van der Waals surface area contributed by atoms with Crippen molar-refractivity contribution in [3.63, 3.8) is 0 Å². The van der Waals surface area contributed by atoms with E-state index in [1.165, 1.54) is 0 Å². The summed E-state index contributed by atoms with van der Waals surface area (Å²) in [7, 11) is -10.9. The van der Waals surface area contributed by atoms with Crippen LogP contribution in [0.25, 0.3) is 0 Å². The Morgan fingerprint density at radius 2 is 0.909 bits per heavy atom. The van der Waals surface area contributed by atoms with Gasteiger partial charge in [0.15, 0.2) is 16.2 Å². The molecule has 0 saturated carbocycles. The predicted molar refractivity (Wildman–Crippen MR) is 176 cm³/mol. The fourth-order valence-electron chi connectivity index (χ4n) is 6.65. The first kappa shape index (κ1) is 32.2. The van der Waals surface area contributed by atoms with E-state index in [-0.39, 0.29) is 0 Å². The maximum Gasteiger partial charge on any atom is 0.189 e. The average molecular weight is 575 g/mol. The maximum absolute atomic E-state index is 7.53. The second kappa shape index (κ2) is 9.51. The molecule has 1 aliphatic carbocycles. The van der Waals surface area contributed by atoms with Crippen LogP contribution in [0, 0.1) is 0 Å². The smallest absolute Gasteiger partial charge is 0.189 e. The SMILES string of the molecule is C[Si](C)(C)O[Si](C)(C1=CC([Si](C)(C)C)C([Si](C)(C)C)C([Si](C)(C)C)C1[Si](C)(C)C)[Si](C)(C)C. The lowest BCUT2D eigenvalue weighted by atomic mass is 10.0. The van der Waals surface area contributed by atoms with Crippen molar-refractivity contribution in [3.05, 3.63) is 11.3 Å². The van der Waals surface area contributed by atoms with Gasteiger partial charge in [0.1, 0.15) is 0 Å². The summed E-state index contributed by atoms with van der Waals surface area (Å²) in [6.07, 6.45) is 2.99. The summed E-state index contributed by atoms with van der Waals surface area (Å²) in [5.41, 5.74) is 3.48. The van der Waals surface area contributed by atoms with E-state index in [1.54, 1.807) is 0 Å². The molecule has 5 unspecified atom stereocenters. The van der Waals surface area contributed by atoms with E-state index in [0.29, 0.717) is 0 Å². The molecule has 1 aliphatic rings. The molecular weight excluding hydrogens is 513 g/mol. The molecule has 0 aromatic rings. The molecule has 0 saturated heterocycles. The molecule has 0 radical (unpaired) electrons. The molecule has 5 atom stereocenters. The summed E-state index contributed by atoms with van der Waals surface area (Å²) in [5, 5.41) is 1.93. The molecule has 196 valence electrons. The van der Waals surface area contributed by atoms with Crippen LogP contribution in [0.5, 0.6) is 0 Å². The summed E-state index contributed by atoms with van der Waals surface area (Å²) >= 11 is 0. The lowest BCUT2D eigenvalue weighted by Crippen LogP contribution is -2.66. The zero-order valence-electron chi connectivity index (χ0n) is 26.3. The van der Waals surface area contributed by atoms with Gasteiger partial charge in [-0.2, -0.15) is 0 Å². The van der Waals surface area contributed by atoms with Crippen LogP contribution in [-0.4, -0.2) is 56.0 Å². The Labute approximate surface area is 217 Å². The maximum atomic E-state index is 7.53. The number of hydrogen-bond acceptors (Lipinski definition) is 1. The third kappa shape index (κ3) is 7.38. The summed E-state index contributed by atoms with van der Waals surface area (Å²) in [6, 6.07) is 0. The highest BCUT2D eigenvalue weighted by Gasteiger charge is 2.61. The van der Waals surface area contributed by atoms with Crippen molar-refractivity contribution < 1.29 is 4.12 Å². The second-order valence-electron chi connectivity index (χ2n) is 17.6. The first-order valence-corrected chi connectivity index (χ1v) is 38.1. The van der Waals surface area contributed by atoms with E-state index < -0.39 is 56.0 Å². The van der Waals surface area contributed by atoms with Gasteiger partial charge in [0.25, 0.3) is 0 Å². The van der Waals surface area contributed by atoms with Gasteiger partial charge in [0, 0.05) is 16.1 Å². The molecule has 8 heteroatoms. The van der Waals surface area contributed by atoms with Gasteiger partial charge >= 0.3 is 0 Å². The first-order valence-electron chi connectivity index (χ1n) is 13.5. The minimum atomic E-state index is -2.03. The Hall–Kier alpha value is 1.22. The third-order valence-corrected chi connectivity index (χ3v) is 38.9. The molecule has 0 N–H and O–H groups in total. The van der Waals surface area contributed by atoms with E-state index in [1.807, 2.05) is 5.20 Å². The van der Waals surface area contributed by atoms with Crippen molar-refractivity contribution in [1.29, 1.82) is 0 Å². The number of hydrogen-bond donors (Lipinski definition) is 0. The quantitative estimate of drug-likeness (QED) is 0.262. The normalized spacial score (nSPS) is 28.4. The van der Waals surface area contributed by atoms with Gasteiger partial charge in [0.2, 0.25) is 0 Å². The molecule has 1 nitrogen and oxygen atoms in total. The van der Waals surface area contributed by atoms with Crippen molar-refractivity contribution in [2.45, 2.75) is 147 Å². The van der Waals surface area contributed by atoms with E-state index in [9.17, 15) is 0 Å². The lowest BCUT2D eigenvalue weighted by molar-refractivity contribution is 0.555. The first-order chi connectivity index (χ1) is 14.1. The largest absolute Gasteiger partial charge is 0.455 e. The van der Waals surface area contributed by atoms with Crippen LogP contribution < -0.4 is 0 Å². The van der Waals surface area contributed by atoms with Crippen molar-refractivity contribution in [3.8, 4) is 0 Å². The van der Waals surface area contributed by atoms with E-state index in [4.69, 9.17) is 4.12 Å². The second-order valence-corrected chi connectivity index (χ2v) is 58.7. The highest BCUT2D eigenvalue weighted by molar-refractivity contribution is 7.42. The Kier molecular flexibility index (Phi) is 9.29. The molecule has 0 heterocycles. The van der Waals surface area contributed by atoms with Crippen LogP contribution in [0.15, 0.2) is 11.3 Å². The van der Waals surface area contributed by atoms with E-state index in [2.05, 4.69) is 130 Å². The Morgan fingerprint density at radius 1 is 0.515 bits per heavy atom. The molecule has 0 spiro atoms. The zero-order chi connectivity index (χ0) is 26.8. The van der Waals surface area contributed by atoms with E-state index in [0.717, 1.165) is 22.2 Å². The third-order valence-electron chi connectivity index (χ3n) is 8.25. The molecule has 0 aromatic heterocycles. The molecule has 0 fully saturated rings. The van der Waals surface area contributed by atoms with Crippen molar-refractivity contribution >= 4 is 56.0 Å². The van der Waals surface area contributed by atoms with Crippen LogP contribution in [0.3, 0.4) is 0 Å². The predicted octanol–water partition coefficient (Wildman–Crippen LogP) is 10.1. The Morgan fingerprint density at radius 3 is 1.15 bits per heavy atom. The fourth-order valence-corrected chi connectivity index (χ4v) is 45.7. The summed E-state index contributed by atoms with van der Waals surface area (Å²) in [5.74, 6) is 0. The van der Waals surface area contributed by atoms with Crippen LogP contribution in [0.4, 0.5) is 0 Å². The number of rotatable bonds is 8. The molecule has 1 rings (SSSR count). The standard InChI is InChI=1S/C25H62OSi7/c1-27(2,3)21-20-22(33(19,32(16,17)18)26-31(13,14)15)24(29(7,8)9)25(30(10,11)12)23(21)28(4,5)6/h20-21,23-25H,1-19H3. The molecule has 0 amide bonds. The van der Waals surface area contributed by atoms with Crippen LogP contribution in [0.2, 0.25) is 147 Å². The summed E-state index contributed by atoms with van der Waals surface area (Å²) < 4.78 is 7.53. The van der Waals surface area contributed by atoms with Crippen LogP contribution in [-0.2, 0) is 4.12 Å². The summed E-state index contributed by atoms with van der Waals surface area (Å²) in [4.78, 5) is 0. The molecule has 0 aliphatic heterocycles. The highest BCUT2D eigenvalue weighted by Crippen LogP contribution is 2.66. The van der Waals surface area contributed by atoms with Gasteiger partial charge in [-0.25, -0.2) is 0 Å². The van der Waals surface area contributed by atoms with Crippen molar-refractivity contribution in [1.82, 2.24) is 0 Å². The van der Waals surface area contributed by atoms with Gasteiger partial charge in [-0.3, -0.25) is 0 Å². The Balaban J connectivity index is 4.23.